The number of nitrogens with zero attached hydrogens (tertiary/aromatic N) is 3. The summed E-state index contributed by atoms with van der Waals surface area (Å²) >= 11 is 0. The van der Waals surface area contributed by atoms with Crippen LogP contribution in [0.4, 0.5) is 0 Å². The number of para-hydroxylation sites is 2. The highest BCUT2D eigenvalue weighted by Gasteiger charge is 2.44. The second kappa shape index (κ2) is 9.98. The molecule has 2 heterocycles. The molecule has 1 atom stereocenters. The molecule has 6 nitrogen and oxygen atoms in total. The summed E-state index contributed by atoms with van der Waals surface area (Å²) in [7, 11) is 0. The number of hydrogen-bond donors (Lipinski definition) is 0. The highest BCUT2D eigenvalue weighted by Crippen LogP contribution is 2.36. The Bertz CT molecular complexity index is 1060. The summed E-state index contributed by atoms with van der Waals surface area (Å²) < 4.78 is 7.50. The van der Waals surface area contributed by atoms with Crippen molar-refractivity contribution in [1.29, 1.82) is 0 Å². The lowest BCUT2D eigenvalue weighted by Crippen LogP contribution is -2.51. The predicted octanol–water partition coefficient (Wildman–Crippen LogP) is 4.23. The molecule has 1 amide bonds. The molecule has 0 bridgehead atoms. The van der Waals surface area contributed by atoms with E-state index in [2.05, 4.69) is 17.1 Å². The summed E-state index contributed by atoms with van der Waals surface area (Å²) in [6.07, 6.45) is 5.23. The van der Waals surface area contributed by atoms with Crippen molar-refractivity contribution < 1.29 is 14.3 Å². The highest BCUT2D eigenvalue weighted by atomic mass is 16.5. The molecule has 4 rings (SSSR count). The van der Waals surface area contributed by atoms with E-state index in [0.29, 0.717) is 39.1 Å². The van der Waals surface area contributed by atoms with Crippen LogP contribution in [0, 0.1) is 5.41 Å². The average Bonchev–Trinajstić information content (AvgIpc) is 3.25. The summed E-state index contributed by atoms with van der Waals surface area (Å²) in [5.74, 6) is -0.0927. The summed E-state index contributed by atoms with van der Waals surface area (Å²) in [6.45, 7) is 3.89. The molecule has 168 valence electrons. The van der Waals surface area contributed by atoms with E-state index < -0.39 is 5.41 Å². The average molecular weight is 434 g/mol. The monoisotopic (exact) mass is 433 g/mol. The molecule has 0 N–H and O–H groups in total. The van der Waals surface area contributed by atoms with Crippen LogP contribution in [0.15, 0.2) is 60.9 Å². The van der Waals surface area contributed by atoms with E-state index in [0.717, 1.165) is 30.3 Å². The molecule has 6 heteroatoms. The minimum Gasteiger partial charge on any atom is -0.466 e. The Hall–Kier alpha value is -3.15. The van der Waals surface area contributed by atoms with Gasteiger partial charge in [-0.3, -0.25) is 9.59 Å². The zero-order valence-electron chi connectivity index (χ0n) is 18.7. The van der Waals surface area contributed by atoms with Crippen molar-refractivity contribution in [2.45, 2.75) is 45.6 Å². The first kappa shape index (κ1) is 22.1. The molecule has 0 aliphatic carbocycles. The topological polar surface area (TPSA) is 64.4 Å². The van der Waals surface area contributed by atoms with E-state index in [9.17, 15) is 9.59 Å². The van der Waals surface area contributed by atoms with E-state index in [1.54, 1.807) is 6.33 Å². The molecule has 32 heavy (non-hydrogen) atoms. The van der Waals surface area contributed by atoms with Crippen molar-refractivity contribution >= 4 is 22.9 Å². The number of fused-ring (bicyclic) bond motifs is 1. The van der Waals surface area contributed by atoms with Gasteiger partial charge in [0.2, 0.25) is 5.91 Å². The van der Waals surface area contributed by atoms with Gasteiger partial charge in [-0.2, -0.15) is 0 Å². The third-order valence-electron chi connectivity index (χ3n) is 6.47. The number of likely N-dealkylation sites (tertiary alicyclic amines) is 1. The van der Waals surface area contributed by atoms with E-state index in [-0.39, 0.29) is 11.9 Å². The SMILES string of the molecule is CCOC(=O)[C@]1(CCc2ccccc2)CCCN(C(=O)CCn2cnc3ccccc32)C1. The Balaban J connectivity index is 1.44. The number of piperidine rings is 1. The van der Waals surface area contributed by atoms with Gasteiger partial charge in [-0.15, -0.1) is 0 Å². The van der Waals surface area contributed by atoms with Crippen LogP contribution in [-0.2, 0) is 27.3 Å². The van der Waals surface area contributed by atoms with Crippen LogP contribution in [0.1, 0.15) is 38.2 Å². The normalized spacial score (nSPS) is 18.6. The Kier molecular flexibility index (Phi) is 6.88. The first-order chi connectivity index (χ1) is 15.6. The Morgan fingerprint density at radius 2 is 1.88 bits per heavy atom. The molecular formula is C26H31N3O3. The van der Waals surface area contributed by atoms with Gasteiger partial charge >= 0.3 is 5.97 Å². The molecule has 0 unspecified atom stereocenters. The third kappa shape index (κ3) is 4.85. The van der Waals surface area contributed by atoms with Crippen LogP contribution in [0.5, 0.6) is 0 Å². The van der Waals surface area contributed by atoms with Crippen molar-refractivity contribution in [2.75, 3.05) is 19.7 Å². The van der Waals surface area contributed by atoms with Gasteiger partial charge in [-0.05, 0) is 50.3 Å². The number of rotatable bonds is 8. The number of aromatic nitrogens is 2. The maximum atomic E-state index is 13.1. The predicted molar refractivity (Wildman–Crippen MR) is 124 cm³/mol. The van der Waals surface area contributed by atoms with E-state index >= 15 is 0 Å². The lowest BCUT2D eigenvalue weighted by Gasteiger charge is -2.41. The van der Waals surface area contributed by atoms with Crippen LogP contribution in [0.25, 0.3) is 11.0 Å². The molecule has 0 radical (unpaired) electrons. The smallest absolute Gasteiger partial charge is 0.313 e. The number of imidazole rings is 1. The molecule has 3 aromatic rings. The first-order valence-corrected chi connectivity index (χ1v) is 11.5. The second-order valence-corrected chi connectivity index (χ2v) is 8.58. The number of carbonyl (C=O) groups is 2. The zero-order valence-corrected chi connectivity index (χ0v) is 18.7. The van der Waals surface area contributed by atoms with Crippen LogP contribution in [0.3, 0.4) is 0 Å². The summed E-state index contributed by atoms with van der Waals surface area (Å²) in [5, 5.41) is 0. The maximum Gasteiger partial charge on any atom is 0.313 e. The van der Waals surface area contributed by atoms with Crippen molar-refractivity contribution in [3.05, 3.63) is 66.5 Å². The fraction of sp³-hybridized carbons (Fsp3) is 0.423. The fourth-order valence-electron chi connectivity index (χ4n) is 4.69. The first-order valence-electron chi connectivity index (χ1n) is 11.5. The molecule has 0 saturated carbocycles. The zero-order chi connectivity index (χ0) is 22.4. The van der Waals surface area contributed by atoms with Gasteiger partial charge < -0.3 is 14.2 Å². The summed E-state index contributed by atoms with van der Waals surface area (Å²) in [6, 6.07) is 18.1. The molecule has 0 spiro atoms. The van der Waals surface area contributed by atoms with Crippen LogP contribution in [-0.4, -0.2) is 46.0 Å². The van der Waals surface area contributed by atoms with E-state index in [1.165, 1.54) is 5.56 Å². The van der Waals surface area contributed by atoms with Gasteiger partial charge in [-0.1, -0.05) is 42.5 Å². The quantitative estimate of drug-likeness (QED) is 0.499. The van der Waals surface area contributed by atoms with E-state index in [4.69, 9.17) is 4.74 Å². The van der Waals surface area contributed by atoms with Crippen LogP contribution < -0.4 is 0 Å². The number of hydrogen-bond acceptors (Lipinski definition) is 4. The van der Waals surface area contributed by atoms with Gasteiger partial charge in [-0.25, -0.2) is 4.98 Å². The minimum absolute atomic E-state index is 0.0795. The van der Waals surface area contributed by atoms with Gasteiger partial charge in [0.1, 0.15) is 0 Å². The number of carbonyl (C=O) groups excluding carboxylic acids is 2. The lowest BCUT2D eigenvalue weighted by molar-refractivity contribution is -0.161. The fourth-order valence-corrected chi connectivity index (χ4v) is 4.69. The molecule has 1 saturated heterocycles. The minimum atomic E-state index is -0.637. The summed E-state index contributed by atoms with van der Waals surface area (Å²) in [4.78, 5) is 32.4. The molecule has 1 aliphatic rings. The molecule has 2 aromatic carbocycles. The van der Waals surface area contributed by atoms with Gasteiger partial charge in [0.05, 0.1) is 29.4 Å². The number of esters is 1. The van der Waals surface area contributed by atoms with Gasteiger partial charge in [0, 0.05) is 26.1 Å². The lowest BCUT2D eigenvalue weighted by atomic mass is 9.75. The number of benzene rings is 2. The largest absolute Gasteiger partial charge is 0.466 e. The van der Waals surface area contributed by atoms with Crippen molar-refractivity contribution in [1.82, 2.24) is 14.5 Å². The van der Waals surface area contributed by atoms with Gasteiger partial charge in [0.25, 0.3) is 0 Å². The third-order valence-corrected chi connectivity index (χ3v) is 6.47. The molecule has 1 fully saturated rings. The Labute approximate surface area is 189 Å². The number of amides is 1. The van der Waals surface area contributed by atoms with Gasteiger partial charge in [0.15, 0.2) is 0 Å². The molecule has 1 aromatic heterocycles. The standard InChI is InChI=1S/C26H31N3O3/c1-2-32-25(31)26(16-13-21-9-4-3-5-10-21)15-8-17-28(19-26)24(30)14-18-29-20-27-22-11-6-7-12-23(22)29/h3-7,9-12,20H,2,8,13-19H2,1H3/t26-/m0/s1. The van der Waals surface area contributed by atoms with Crippen molar-refractivity contribution in [3.63, 3.8) is 0 Å². The Morgan fingerprint density at radius 3 is 2.69 bits per heavy atom. The molecular weight excluding hydrogens is 402 g/mol. The highest BCUT2D eigenvalue weighted by molar-refractivity contribution is 5.81. The summed E-state index contributed by atoms with van der Waals surface area (Å²) in [5.41, 5.74) is 2.52. The van der Waals surface area contributed by atoms with E-state index in [1.807, 2.05) is 58.9 Å². The van der Waals surface area contributed by atoms with Crippen molar-refractivity contribution in [2.24, 2.45) is 5.41 Å². The maximum absolute atomic E-state index is 13.1. The van der Waals surface area contributed by atoms with Crippen LogP contribution in [0.2, 0.25) is 0 Å². The second-order valence-electron chi connectivity index (χ2n) is 8.58. The van der Waals surface area contributed by atoms with Crippen molar-refractivity contribution in [3.8, 4) is 0 Å². The number of aryl methyl sites for hydroxylation is 2. The molecule has 1 aliphatic heterocycles. The number of ether oxygens (including phenoxy) is 1. The Morgan fingerprint density at radius 1 is 1.09 bits per heavy atom. The van der Waals surface area contributed by atoms with Crippen LogP contribution >= 0.6 is 0 Å².